The van der Waals surface area contributed by atoms with E-state index in [2.05, 4.69) is 34.5 Å². The van der Waals surface area contributed by atoms with Gasteiger partial charge in [-0.1, -0.05) is 36.0 Å². The van der Waals surface area contributed by atoms with Gasteiger partial charge in [0.2, 0.25) is 0 Å². The monoisotopic (exact) mass is 378 g/mol. The Morgan fingerprint density at radius 2 is 1.92 bits per heavy atom. The molecule has 1 aliphatic rings. The molecule has 1 aliphatic carbocycles. The molecular formula is C19H20F2N2S2. The molecule has 0 amide bonds. The molecule has 0 saturated carbocycles. The zero-order chi connectivity index (χ0) is 17.8. The third-order valence-corrected chi connectivity index (χ3v) is 5.57. The van der Waals surface area contributed by atoms with Crippen LogP contribution in [0, 0.1) is 0 Å². The van der Waals surface area contributed by atoms with Crippen molar-refractivity contribution in [2.75, 3.05) is 12.4 Å². The molecule has 0 fully saturated rings. The first kappa shape index (κ1) is 18.1. The predicted octanol–water partition coefficient (Wildman–Crippen LogP) is 5.71. The summed E-state index contributed by atoms with van der Waals surface area (Å²) in [6.07, 6.45) is 3.33. The lowest BCUT2D eigenvalue weighted by molar-refractivity contribution is 0.252. The van der Waals surface area contributed by atoms with Crippen LogP contribution in [0.15, 0.2) is 53.4 Å². The van der Waals surface area contributed by atoms with Crippen molar-refractivity contribution >= 4 is 34.8 Å². The van der Waals surface area contributed by atoms with Crippen molar-refractivity contribution in [3.05, 3.63) is 59.7 Å². The van der Waals surface area contributed by atoms with E-state index < -0.39 is 5.76 Å². The summed E-state index contributed by atoms with van der Waals surface area (Å²) >= 11 is 6.10. The zero-order valence-electron chi connectivity index (χ0n) is 13.9. The number of aryl methyl sites for hydroxylation is 1. The van der Waals surface area contributed by atoms with Gasteiger partial charge in [0.05, 0.1) is 6.04 Å². The number of alkyl halides is 2. The zero-order valence-corrected chi connectivity index (χ0v) is 15.5. The molecule has 1 N–H and O–H groups in total. The van der Waals surface area contributed by atoms with Crippen LogP contribution in [-0.2, 0) is 6.42 Å². The van der Waals surface area contributed by atoms with E-state index in [1.165, 1.54) is 11.1 Å². The smallest absolute Gasteiger partial charge is 0.288 e. The highest BCUT2D eigenvalue weighted by molar-refractivity contribution is 7.99. The molecule has 1 atom stereocenters. The number of nitrogens with one attached hydrogen (secondary N) is 1. The Morgan fingerprint density at radius 3 is 2.64 bits per heavy atom. The molecule has 0 aromatic heterocycles. The van der Waals surface area contributed by atoms with Gasteiger partial charge in [0, 0.05) is 17.6 Å². The lowest BCUT2D eigenvalue weighted by Crippen LogP contribution is -2.36. The number of fused-ring (bicyclic) bond motifs is 1. The van der Waals surface area contributed by atoms with Crippen molar-refractivity contribution in [1.82, 2.24) is 4.90 Å². The third-order valence-electron chi connectivity index (χ3n) is 4.46. The molecule has 0 aliphatic heterocycles. The van der Waals surface area contributed by atoms with Gasteiger partial charge in [-0.25, -0.2) is 0 Å². The molecule has 0 saturated heterocycles. The number of anilines is 1. The minimum atomic E-state index is -2.41. The molecule has 0 radical (unpaired) electrons. The first-order chi connectivity index (χ1) is 12.0. The molecule has 0 spiro atoms. The summed E-state index contributed by atoms with van der Waals surface area (Å²) in [5, 5.41) is 3.85. The van der Waals surface area contributed by atoms with Gasteiger partial charge < -0.3 is 10.2 Å². The number of hydrogen-bond acceptors (Lipinski definition) is 2. The average molecular weight is 379 g/mol. The Kier molecular flexibility index (Phi) is 5.91. The minimum Gasteiger partial charge on any atom is -0.345 e. The maximum absolute atomic E-state index is 12.4. The van der Waals surface area contributed by atoms with E-state index >= 15 is 0 Å². The maximum Gasteiger partial charge on any atom is 0.288 e. The van der Waals surface area contributed by atoms with E-state index in [9.17, 15) is 8.78 Å². The lowest BCUT2D eigenvalue weighted by Gasteiger charge is -2.35. The second-order valence-electron chi connectivity index (χ2n) is 6.05. The first-order valence-electron chi connectivity index (χ1n) is 8.21. The summed E-state index contributed by atoms with van der Waals surface area (Å²) in [5.74, 6) is -2.41. The van der Waals surface area contributed by atoms with Crippen molar-refractivity contribution in [2.24, 2.45) is 0 Å². The molecule has 0 heterocycles. The fraction of sp³-hybridized carbons (Fsp3) is 0.316. The number of thiocarbonyl (C=S) groups is 1. The normalized spacial score (nSPS) is 16.4. The van der Waals surface area contributed by atoms with E-state index in [1.807, 2.05) is 7.05 Å². The van der Waals surface area contributed by atoms with Crippen molar-refractivity contribution in [1.29, 1.82) is 0 Å². The van der Waals surface area contributed by atoms with Gasteiger partial charge >= 0.3 is 0 Å². The Bertz CT molecular complexity index is 734. The van der Waals surface area contributed by atoms with E-state index in [1.54, 1.807) is 24.3 Å². The lowest BCUT2D eigenvalue weighted by atomic mass is 9.87. The number of rotatable bonds is 4. The second kappa shape index (κ2) is 8.15. The SMILES string of the molecule is CN(C(=S)Nc1ccc(SC(F)F)cc1)[C@H]1CCCc2ccccc21. The Labute approximate surface area is 156 Å². The minimum absolute atomic E-state index is 0.263. The maximum atomic E-state index is 12.4. The molecule has 2 aromatic rings. The topological polar surface area (TPSA) is 15.3 Å². The summed E-state index contributed by atoms with van der Waals surface area (Å²) in [7, 11) is 2.00. The summed E-state index contributed by atoms with van der Waals surface area (Å²) in [4.78, 5) is 2.64. The molecule has 0 bridgehead atoms. The standard InChI is InChI=1S/C19H20F2N2S2/c1-23(17-8-4-6-13-5-2-3-7-16(13)17)19(24)22-14-9-11-15(12-10-14)25-18(20)21/h2-3,5,7,9-12,17-18H,4,6,8H2,1H3,(H,22,24)/t17-/m0/s1. The molecule has 132 valence electrons. The Morgan fingerprint density at radius 1 is 1.20 bits per heavy atom. The van der Waals surface area contributed by atoms with E-state index in [-0.39, 0.29) is 6.04 Å². The molecule has 6 heteroatoms. The summed E-state index contributed by atoms with van der Waals surface area (Å²) in [5.41, 5.74) is 3.53. The van der Waals surface area contributed by atoms with Crippen LogP contribution in [0.3, 0.4) is 0 Å². The van der Waals surface area contributed by atoms with Gasteiger partial charge in [0.15, 0.2) is 5.11 Å². The second-order valence-corrected chi connectivity index (χ2v) is 7.50. The summed E-state index contributed by atoms with van der Waals surface area (Å²) < 4.78 is 24.8. The molecule has 3 rings (SSSR count). The molecule has 2 nitrogen and oxygen atoms in total. The Hall–Kier alpha value is -1.66. The number of thioether (sulfide) groups is 1. The van der Waals surface area contributed by atoms with Crippen LogP contribution >= 0.6 is 24.0 Å². The van der Waals surface area contributed by atoms with E-state index in [4.69, 9.17) is 12.2 Å². The molecule has 0 unspecified atom stereocenters. The van der Waals surface area contributed by atoms with Gasteiger partial charge in [-0.05, 0) is 66.9 Å². The van der Waals surface area contributed by atoms with Gasteiger partial charge in [-0.15, -0.1) is 0 Å². The average Bonchev–Trinajstić information content (AvgIpc) is 2.62. The van der Waals surface area contributed by atoms with Crippen molar-refractivity contribution in [2.45, 2.75) is 36.0 Å². The quantitative estimate of drug-likeness (QED) is 0.541. The Balaban J connectivity index is 1.67. The van der Waals surface area contributed by atoms with Crippen LogP contribution in [0.25, 0.3) is 0 Å². The van der Waals surface area contributed by atoms with Crippen LogP contribution in [0.5, 0.6) is 0 Å². The largest absolute Gasteiger partial charge is 0.345 e. The fourth-order valence-corrected chi connectivity index (χ4v) is 3.95. The van der Waals surface area contributed by atoms with Crippen molar-refractivity contribution in [3.8, 4) is 0 Å². The summed E-state index contributed by atoms with van der Waals surface area (Å²) in [6.45, 7) is 0. The van der Waals surface area contributed by atoms with Crippen molar-refractivity contribution < 1.29 is 8.78 Å². The van der Waals surface area contributed by atoms with E-state index in [0.29, 0.717) is 21.8 Å². The van der Waals surface area contributed by atoms with Crippen LogP contribution < -0.4 is 5.32 Å². The van der Waals surface area contributed by atoms with Gasteiger partial charge in [-0.3, -0.25) is 0 Å². The number of halogens is 2. The fourth-order valence-electron chi connectivity index (χ4n) is 3.20. The van der Waals surface area contributed by atoms with Crippen LogP contribution in [0.4, 0.5) is 14.5 Å². The van der Waals surface area contributed by atoms with Crippen LogP contribution in [-0.4, -0.2) is 22.8 Å². The molecule has 25 heavy (non-hydrogen) atoms. The van der Waals surface area contributed by atoms with Crippen LogP contribution in [0.2, 0.25) is 0 Å². The number of benzene rings is 2. The van der Waals surface area contributed by atoms with Crippen molar-refractivity contribution in [3.63, 3.8) is 0 Å². The van der Waals surface area contributed by atoms with E-state index in [0.717, 1.165) is 24.9 Å². The van der Waals surface area contributed by atoms with Gasteiger partial charge in [-0.2, -0.15) is 8.78 Å². The highest BCUT2D eigenvalue weighted by atomic mass is 32.2. The number of nitrogens with zero attached hydrogens (tertiary/aromatic N) is 1. The van der Waals surface area contributed by atoms with Gasteiger partial charge in [0.25, 0.3) is 5.76 Å². The third kappa shape index (κ3) is 4.50. The molecular weight excluding hydrogens is 358 g/mol. The number of hydrogen-bond donors (Lipinski definition) is 1. The van der Waals surface area contributed by atoms with Crippen LogP contribution in [0.1, 0.15) is 30.0 Å². The first-order valence-corrected chi connectivity index (χ1v) is 9.50. The highest BCUT2D eigenvalue weighted by Crippen LogP contribution is 2.34. The highest BCUT2D eigenvalue weighted by Gasteiger charge is 2.24. The molecule has 2 aromatic carbocycles. The van der Waals surface area contributed by atoms with Gasteiger partial charge in [0.1, 0.15) is 0 Å². The predicted molar refractivity (Wildman–Crippen MR) is 104 cm³/mol. The summed E-state index contributed by atoms with van der Waals surface area (Å²) in [6, 6.07) is 15.7.